The van der Waals surface area contributed by atoms with Crippen molar-refractivity contribution >= 4 is 17.5 Å². The highest BCUT2D eigenvalue weighted by molar-refractivity contribution is 5.95. The van der Waals surface area contributed by atoms with E-state index in [4.69, 9.17) is 4.74 Å². The van der Waals surface area contributed by atoms with Gasteiger partial charge >= 0.3 is 6.18 Å². The first-order valence-electron chi connectivity index (χ1n) is 8.61. The minimum atomic E-state index is -4.40. The van der Waals surface area contributed by atoms with Crippen LogP contribution in [0, 0.1) is 0 Å². The molecule has 1 heterocycles. The average Bonchev–Trinajstić information content (AvgIpc) is 2.66. The Balaban J connectivity index is 1.72. The summed E-state index contributed by atoms with van der Waals surface area (Å²) in [5, 5.41) is 0. The largest absolute Gasteiger partial charge is 0.476 e. The first-order chi connectivity index (χ1) is 13.2. The lowest BCUT2D eigenvalue weighted by molar-refractivity contribution is -0.139. The first kappa shape index (κ1) is 19.7. The van der Waals surface area contributed by atoms with Gasteiger partial charge in [-0.05, 0) is 29.8 Å². The lowest BCUT2D eigenvalue weighted by atomic mass is 10.1. The summed E-state index contributed by atoms with van der Waals surface area (Å²) in [7, 11) is 1.54. The molecule has 1 atom stereocenters. The minimum Gasteiger partial charge on any atom is -0.476 e. The molecule has 28 heavy (non-hydrogen) atoms. The highest BCUT2D eigenvalue weighted by Crippen LogP contribution is 2.33. The molecule has 2 aromatic carbocycles. The molecule has 2 amide bonds. The number of nitrogens with zero attached hydrogens (tertiary/aromatic N) is 2. The molecule has 0 saturated heterocycles. The maximum atomic E-state index is 12.8. The lowest BCUT2D eigenvalue weighted by Crippen LogP contribution is -2.50. The van der Waals surface area contributed by atoms with Gasteiger partial charge in [0, 0.05) is 20.5 Å². The van der Waals surface area contributed by atoms with E-state index in [0.717, 1.165) is 12.1 Å². The van der Waals surface area contributed by atoms with E-state index in [1.807, 2.05) is 0 Å². The molecule has 0 fully saturated rings. The fraction of sp³-hybridized carbons (Fsp3) is 0.300. The van der Waals surface area contributed by atoms with E-state index in [-0.39, 0.29) is 24.9 Å². The van der Waals surface area contributed by atoms with Crippen LogP contribution >= 0.6 is 0 Å². The molecule has 3 rings (SSSR count). The van der Waals surface area contributed by atoms with Crippen molar-refractivity contribution in [2.24, 2.45) is 0 Å². The van der Waals surface area contributed by atoms with Gasteiger partial charge in [0.25, 0.3) is 5.91 Å². The predicted molar refractivity (Wildman–Crippen MR) is 96.8 cm³/mol. The topological polar surface area (TPSA) is 49.9 Å². The smallest absolute Gasteiger partial charge is 0.416 e. The second-order valence-electron chi connectivity index (χ2n) is 6.59. The molecule has 0 unspecified atom stereocenters. The highest BCUT2D eigenvalue weighted by Gasteiger charge is 2.34. The molecular weight excluding hydrogens is 373 g/mol. The summed E-state index contributed by atoms with van der Waals surface area (Å²) >= 11 is 0. The molecule has 1 aliphatic heterocycles. The molecule has 0 spiro atoms. The summed E-state index contributed by atoms with van der Waals surface area (Å²) in [6, 6.07) is 11.6. The number of hydrogen-bond donors (Lipinski definition) is 0. The molecule has 0 saturated carbocycles. The third-order valence-corrected chi connectivity index (χ3v) is 4.51. The highest BCUT2D eigenvalue weighted by atomic mass is 19.4. The van der Waals surface area contributed by atoms with E-state index < -0.39 is 17.8 Å². The molecule has 0 bridgehead atoms. The summed E-state index contributed by atoms with van der Waals surface area (Å²) < 4.78 is 43.8. The Bertz CT molecular complexity index is 881. The Kier molecular flexibility index (Phi) is 5.31. The number of hydrogen-bond acceptors (Lipinski definition) is 3. The summed E-state index contributed by atoms with van der Waals surface area (Å²) in [4.78, 5) is 27.6. The van der Waals surface area contributed by atoms with E-state index in [1.165, 1.54) is 28.9 Å². The second kappa shape index (κ2) is 7.53. The van der Waals surface area contributed by atoms with E-state index in [2.05, 4.69) is 0 Å². The third kappa shape index (κ3) is 4.11. The molecule has 8 heteroatoms. The van der Waals surface area contributed by atoms with Gasteiger partial charge in [0.15, 0.2) is 6.10 Å². The number of carbonyl (C=O) groups is 2. The molecule has 0 aliphatic carbocycles. The maximum absolute atomic E-state index is 12.8. The van der Waals surface area contributed by atoms with Crippen LogP contribution in [-0.2, 0) is 22.3 Å². The van der Waals surface area contributed by atoms with Gasteiger partial charge in [0.2, 0.25) is 5.91 Å². The zero-order valence-corrected chi connectivity index (χ0v) is 15.4. The molecule has 0 radical (unpaired) electrons. The van der Waals surface area contributed by atoms with E-state index in [9.17, 15) is 22.8 Å². The molecule has 148 valence electrons. The van der Waals surface area contributed by atoms with Crippen LogP contribution in [0.3, 0.4) is 0 Å². The Morgan fingerprint density at radius 3 is 2.39 bits per heavy atom. The number of halogens is 3. The van der Waals surface area contributed by atoms with Gasteiger partial charge in [-0.2, -0.15) is 13.2 Å². The average molecular weight is 392 g/mol. The van der Waals surface area contributed by atoms with Crippen LogP contribution in [0.25, 0.3) is 0 Å². The molecule has 5 nitrogen and oxygen atoms in total. The van der Waals surface area contributed by atoms with Gasteiger partial charge in [0.1, 0.15) is 5.75 Å². The van der Waals surface area contributed by atoms with Crippen LogP contribution in [-0.4, -0.2) is 36.4 Å². The Morgan fingerprint density at radius 2 is 1.79 bits per heavy atom. The quantitative estimate of drug-likeness (QED) is 0.804. The SMILES string of the molecule is CC(=O)N1C[C@@H](C(=O)N(C)Cc2ccc(C(F)(F)F)cc2)Oc2ccccc21. The van der Waals surface area contributed by atoms with Crippen LogP contribution in [0.5, 0.6) is 5.75 Å². The number of amides is 2. The number of benzene rings is 2. The monoisotopic (exact) mass is 392 g/mol. The molecule has 2 aromatic rings. The minimum absolute atomic E-state index is 0.0720. The Morgan fingerprint density at radius 1 is 1.14 bits per heavy atom. The zero-order valence-electron chi connectivity index (χ0n) is 15.4. The van der Waals surface area contributed by atoms with Crippen LogP contribution in [0.15, 0.2) is 48.5 Å². The fourth-order valence-corrected chi connectivity index (χ4v) is 3.06. The van der Waals surface area contributed by atoms with Crippen molar-refractivity contribution in [3.05, 3.63) is 59.7 Å². The van der Waals surface area contributed by atoms with Gasteiger partial charge in [-0.1, -0.05) is 24.3 Å². The van der Waals surface area contributed by atoms with E-state index in [1.54, 1.807) is 31.3 Å². The van der Waals surface area contributed by atoms with Gasteiger partial charge in [-0.15, -0.1) is 0 Å². The summed E-state index contributed by atoms with van der Waals surface area (Å²) in [6.07, 6.45) is -5.29. The van der Waals surface area contributed by atoms with Crippen molar-refractivity contribution in [1.29, 1.82) is 0 Å². The van der Waals surface area contributed by atoms with E-state index in [0.29, 0.717) is 17.0 Å². The lowest BCUT2D eigenvalue weighted by Gasteiger charge is -2.35. The van der Waals surface area contributed by atoms with E-state index >= 15 is 0 Å². The number of alkyl halides is 3. The van der Waals surface area contributed by atoms with Crippen molar-refractivity contribution in [1.82, 2.24) is 4.90 Å². The van der Waals surface area contributed by atoms with Crippen LogP contribution in [0.1, 0.15) is 18.1 Å². The summed E-state index contributed by atoms with van der Waals surface area (Å²) in [5.74, 6) is -0.134. The van der Waals surface area contributed by atoms with Crippen molar-refractivity contribution in [3.63, 3.8) is 0 Å². The van der Waals surface area contributed by atoms with Crippen molar-refractivity contribution in [2.75, 3.05) is 18.5 Å². The third-order valence-electron chi connectivity index (χ3n) is 4.51. The summed E-state index contributed by atoms with van der Waals surface area (Å²) in [5.41, 5.74) is 0.419. The Hall–Kier alpha value is -3.03. The fourth-order valence-electron chi connectivity index (χ4n) is 3.06. The van der Waals surface area contributed by atoms with Gasteiger partial charge in [-0.25, -0.2) is 0 Å². The summed E-state index contributed by atoms with van der Waals surface area (Å²) in [6.45, 7) is 1.61. The number of carbonyl (C=O) groups excluding carboxylic acids is 2. The molecule has 1 aliphatic rings. The number of ether oxygens (including phenoxy) is 1. The predicted octanol–water partition coefficient (Wildman–Crippen LogP) is 3.48. The number of anilines is 1. The molecule has 0 N–H and O–H groups in total. The van der Waals surface area contributed by atoms with Gasteiger partial charge in [0.05, 0.1) is 17.8 Å². The van der Waals surface area contributed by atoms with Gasteiger partial charge < -0.3 is 14.5 Å². The first-order valence-corrected chi connectivity index (χ1v) is 8.61. The van der Waals surface area contributed by atoms with Crippen molar-refractivity contribution in [2.45, 2.75) is 25.7 Å². The normalized spacial score (nSPS) is 16.2. The Labute approximate surface area is 160 Å². The number of rotatable bonds is 3. The second-order valence-corrected chi connectivity index (χ2v) is 6.59. The molecule has 0 aromatic heterocycles. The standard InChI is InChI=1S/C20H19F3N2O3/c1-13(26)25-12-18(28-17-6-4-3-5-16(17)25)19(27)24(2)11-14-7-9-15(10-8-14)20(21,22)23/h3-10,18H,11-12H2,1-2H3/t18-/m0/s1. The van der Waals surface area contributed by atoms with Gasteiger partial charge in [-0.3, -0.25) is 9.59 Å². The van der Waals surface area contributed by atoms with Crippen molar-refractivity contribution < 1.29 is 27.5 Å². The van der Waals surface area contributed by atoms with Crippen LogP contribution < -0.4 is 9.64 Å². The van der Waals surface area contributed by atoms with Crippen LogP contribution in [0.2, 0.25) is 0 Å². The number of likely N-dealkylation sites (N-methyl/N-ethyl adjacent to an activating group) is 1. The molecular formula is C20H19F3N2O3. The maximum Gasteiger partial charge on any atom is 0.416 e. The van der Waals surface area contributed by atoms with Crippen molar-refractivity contribution in [3.8, 4) is 5.75 Å². The number of para-hydroxylation sites is 2. The number of fused-ring (bicyclic) bond motifs is 1. The zero-order chi connectivity index (χ0) is 20.5. The van der Waals surface area contributed by atoms with Crippen LogP contribution in [0.4, 0.5) is 18.9 Å².